The van der Waals surface area contributed by atoms with Gasteiger partial charge in [-0.3, -0.25) is 14.5 Å². The van der Waals surface area contributed by atoms with E-state index >= 15 is 0 Å². The summed E-state index contributed by atoms with van der Waals surface area (Å²) in [6.07, 6.45) is 3.44. The smallest absolute Gasteiger partial charge is 0.235 e. The molecule has 0 aromatic carbocycles. The average molecular weight is 276 g/mol. The number of alkyl halides is 1. The van der Waals surface area contributed by atoms with Crippen molar-refractivity contribution in [1.29, 1.82) is 0 Å². The number of carbonyl (C=O) groups is 2. The maximum atomic E-state index is 11.8. The molecule has 0 aromatic heterocycles. The highest BCUT2D eigenvalue weighted by molar-refractivity contribution is 9.09. The Morgan fingerprint density at radius 1 is 1.27 bits per heavy atom. The summed E-state index contributed by atoms with van der Waals surface area (Å²) in [7, 11) is 0. The van der Waals surface area contributed by atoms with Gasteiger partial charge in [0, 0.05) is 18.3 Å². The molecule has 0 unspecified atom stereocenters. The Balaban J connectivity index is 2.42. The fourth-order valence-corrected chi connectivity index (χ4v) is 2.19. The van der Waals surface area contributed by atoms with Gasteiger partial charge in [-0.05, 0) is 12.8 Å². The van der Waals surface area contributed by atoms with Crippen LogP contribution in [0.4, 0.5) is 0 Å². The zero-order valence-corrected chi connectivity index (χ0v) is 11.0. The van der Waals surface area contributed by atoms with Gasteiger partial charge in [0.1, 0.15) is 0 Å². The second-order valence-corrected chi connectivity index (χ2v) is 5.45. The summed E-state index contributed by atoms with van der Waals surface area (Å²) in [5.74, 6) is -0.0183. The highest BCUT2D eigenvalue weighted by atomic mass is 79.9. The molecule has 1 rings (SSSR count). The van der Waals surface area contributed by atoms with Crippen molar-refractivity contribution in [3.05, 3.63) is 0 Å². The molecule has 1 aliphatic rings. The highest BCUT2D eigenvalue weighted by Crippen LogP contribution is 2.31. The van der Waals surface area contributed by atoms with Gasteiger partial charge in [0.05, 0.1) is 5.41 Å². The van der Waals surface area contributed by atoms with Crippen LogP contribution in [0.5, 0.6) is 0 Å². The molecule has 1 heterocycles. The van der Waals surface area contributed by atoms with Gasteiger partial charge < -0.3 is 0 Å². The van der Waals surface area contributed by atoms with Crippen LogP contribution in [0.3, 0.4) is 0 Å². The maximum absolute atomic E-state index is 11.8. The van der Waals surface area contributed by atoms with Gasteiger partial charge in [-0.15, -0.1) is 0 Å². The van der Waals surface area contributed by atoms with Gasteiger partial charge >= 0.3 is 0 Å². The van der Waals surface area contributed by atoms with Gasteiger partial charge in [-0.1, -0.05) is 36.2 Å². The topological polar surface area (TPSA) is 37.4 Å². The van der Waals surface area contributed by atoms with E-state index in [2.05, 4.69) is 15.9 Å². The summed E-state index contributed by atoms with van der Waals surface area (Å²) < 4.78 is 0. The van der Waals surface area contributed by atoms with Crippen LogP contribution in [0.25, 0.3) is 0 Å². The first kappa shape index (κ1) is 12.7. The molecule has 3 nitrogen and oxygen atoms in total. The molecule has 0 aromatic rings. The Labute approximate surface area is 99.3 Å². The predicted molar refractivity (Wildman–Crippen MR) is 62.8 cm³/mol. The molecule has 4 heteroatoms. The molecule has 0 bridgehead atoms. The molecule has 1 fully saturated rings. The summed E-state index contributed by atoms with van der Waals surface area (Å²) in [5.41, 5.74) is -0.480. The van der Waals surface area contributed by atoms with Crippen molar-refractivity contribution >= 4 is 27.7 Å². The van der Waals surface area contributed by atoms with Gasteiger partial charge in [0.25, 0.3) is 0 Å². The third kappa shape index (κ3) is 3.03. The minimum absolute atomic E-state index is 0.00802. The van der Waals surface area contributed by atoms with E-state index in [0.29, 0.717) is 13.0 Å². The summed E-state index contributed by atoms with van der Waals surface area (Å²) in [5, 5.41) is 0.986. The summed E-state index contributed by atoms with van der Waals surface area (Å²) >= 11 is 3.36. The third-order valence-corrected chi connectivity index (χ3v) is 3.29. The van der Waals surface area contributed by atoms with E-state index in [0.717, 1.165) is 24.6 Å². The lowest BCUT2D eigenvalue weighted by atomic mass is 9.92. The van der Waals surface area contributed by atoms with Crippen LogP contribution in [0.15, 0.2) is 0 Å². The second-order valence-electron chi connectivity index (χ2n) is 4.66. The SMILES string of the molecule is CC1(C)CC(=O)N(CCCCCBr)C1=O. The van der Waals surface area contributed by atoms with E-state index in [9.17, 15) is 9.59 Å². The normalized spacial score (nSPS) is 20.1. The molecule has 0 saturated carbocycles. The Morgan fingerprint density at radius 2 is 1.93 bits per heavy atom. The van der Waals surface area contributed by atoms with Crippen LogP contribution in [0.1, 0.15) is 39.5 Å². The molecule has 0 atom stereocenters. The van der Waals surface area contributed by atoms with Crippen LogP contribution in [-0.2, 0) is 9.59 Å². The lowest BCUT2D eigenvalue weighted by molar-refractivity contribution is -0.140. The number of amides is 2. The second kappa shape index (κ2) is 5.10. The molecule has 0 aliphatic carbocycles. The molecule has 86 valence electrons. The van der Waals surface area contributed by atoms with Gasteiger partial charge in [-0.2, -0.15) is 0 Å². The van der Waals surface area contributed by atoms with Crippen molar-refractivity contribution in [3.8, 4) is 0 Å². The highest BCUT2D eigenvalue weighted by Gasteiger charge is 2.44. The molecule has 15 heavy (non-hydrogen) atoms. The summed E-state index contributed by atoms with van der Waals surface area (Å²) in [4.78, 5) is 24.8. The van der Waals surface area contributed by atoms with Gasteiger partial charge in [-0.25, -0.2) is 0 Å². The Kier molecular flexibility index (Phi) is 4.32. The van der Waals surface area contributed by atoms with Gasteiger partial charge in [0.15, 0.2) is 0 Å². The monoisotopic (exact) mass is 275 g/mol. The Bertz CT molecular complexity index is 263. The predicted octanol–water partition coefficient (Wildman–Crippen LogP) is 2.34. The van der Waals surface area contributed by atoms with Crippen LogP contribution >= 0.6 is 15.9 Å². The fraction of sp³-hybridized carbons (Fsp3) is 0.818. The number of halogens is 1. The van der Waals surface area contributed by atoms with Crippen LogP contribution in [0.2, 0.25) is 0 Å². The number of likely N-dealkylation sites (tertiary alicyclic amines) is 1. The van der Waals surface area contributed by atoms with Crippen LogP contribution in [0, 0.1) is 5.41 Å². The van der Waals surface area contributed by atoms with E-state index in [4.69, 9.17) is 0 Å². The molecular formula is C11H18BrNO2. The minimum Gasteiger partial charge on any atom is -0.282 e. The first-order chi connectivity index (χ1) is 6.99. The summed E-state index contributed by atoms with van der Waals surface area (Å²) in [6, 6.07) is 0. The molecule has 1 saturated heterocycles. The number of carbonyl (C=O) groups excluding carboxylic acids is 2. The van der Waals surface area contributed by atoms with Crippen molar-refractivity contribution in [1.82, 2.24) is 4.90 Å². The third-order valence-electron chi connectivity index (χ3n) is 2.73. The quantitative estimate of drug-likeness (QED) is 0.439. The number of nitrogens with zero attached hydrogens (tertiary/aromatic N) is 1. The van der Waals surface area contributed by atoms with Gasteiger partial charge in [0.2, 0.25) is 11.8 Å². The molecule has 0 spiro atoms. The number of imide groups is 1. The first-order valence-electron chi connectivity index (χ1n) is 5.40. The zero-order chi connectivity index (χ0) is 11.5. The van der Waals surface area contributed by atoms with E-state index in [1.165, 1.54) is 4.90 Å². The number of unbranched alkanes of at least 4 members (excludes halogenated alkanes) is 2. The standard InChI is InChI=1S/C11H18BrNO2/c1-11(2)8-9(14)13(10(11)15)7-5-3-4-6-12/h3-8H2,1-2H3. The molecule has 2 amide bonds. The van der Waals surface area contributed by atoms with Crippen molar-refractivity contribution < 1.29 is 9.59 Å². The lowest BCUT2D eigenvalue weighted by Crippen LogP contribution is -2.33. The average Bonchev–Trinajstić information content (AvgIpc) is 2.33. The van der Waals surface area contributed by atoms with E-state index in [1.807, 2.05) is 13.8 Å². The van der Waals surface area contributed by atoms with Crippen molar-refractivity contribution in [2.75, 3.05) is 11.9 Å². The largest absolute Gasteiger partial charge is 0.282 e. The Morgan fingerprint density at radius 3 is 2.40 bits per heavy atom. The molecular weight excluding hydrogens is 258 g/mol. The minimum atomic E-state index is -0.480. The van der Waals surface area contributed by atoms with Crippen molar-refractivity contribution in [2.45, 2.75) is 39.5 Å². The number of hydrogen-bond donors (Lipinski definition) is 0. The van der Waals surface area contributed by atoms with E-state index in [1.54, 1.807) is 0 Å². The molecule has 0 radical (unpaired) electrons. The summed E-state index contributed by atoms with van der Waals surface area (Å²) in [6.45, 7) is 4.27. The fourth-order valence-electron chi connectivity index (χ4n) is 1.80. The number of rotatable bonds is 5. The molecule has 0 N–H and O–H groups in total. The zero-order valence-electron chi connectivity index (χ0n) is 9.38. The van der Waals surface area contributed by atoms with E-state index in [-0.39, 0.29) is 11.8 Å². The molecule has 1 aliphatic heterocycles. The van der Waals surface area contributed by atoms with Crippen LogP contribution < -0.4 is 0 Å². The Hall–Kier alpha value is -0.380. The van der Waals surface area contributed by atoms with E-state index < -0.39 is 5.41 Å². The van der Waals surface area contributed by atoms with Crippen molar-refractivity contribution in [2.24, 2.45) is 5.41 Å². The van der Waals surface area contributed by atoms with Crippen molar-refractivity contribution in [3.63, 3.8) is 0 Å². The maximum Gasteiger partial charge on any atom is 0.235 e. The van der Waals surface area contributed by atoms with Crippen LogP contribution in [-0.4, -0.2) is 28.6 Å². The first-order valence-corrected chi connectivity index (χ1v) is 6.52. The number of hydrogen-bond acceptors (Lipinski definition) is 2. The lowest BCUT2D eigenvalue weighted by Gasteiger charge is -2.17.